The van der Waals surface area contributed by atoms with Gasteiger partial charge < -0.3 is 5.32 Å². The maximum atomic E-state index is 11.8. The van der Waals surface area contributed by atoms with Crippen LogP contribution >= 0.6 is 0 Å². The number of carbonyl (C=O) groups excluding carboxylic acids is 1. The van der Waals surface area contributed by atoms with Gasteiger partial charge in [-0.1, -0.05) is 6.07 Å². The highest BCUT2D eigenvalue weighted by atomic mass is 16.6. The van der Waals surface area contributed by atoms with Crippen molar-refractivity contribution in [2.45, 2.75) is 6.42 Å². The molecule has 1 heterocycles. The fraction of sp³-hybridized carbons (Fsp3) is 0.143. The summed E-state index contributed by atoms with van der Waals surface area (Å²) in [6.07, 6.45) is 2.34. The average molecular weight is 271 g/mol. The number of hydrogen-bond donors (Lipinski definition) is 1. The van der Waals surface area contributed by atoms with Crippen LogP contribution in [0.3, 0.4) is 0 Å². The molecule has 1 N–H and O–H groups in total. The molecule has 2 rings (SSSR count). The Morgan fingerprint density at radius 3 is 2.55 bits per heavy atom. The molecule has 0 radical (unpaired) electrons. The van der Waals surface area contributed by atoms with Crippen molar-refractivity contribution in [3.63, 3.8) is 0 Å². The molecule has 6 nitrogen and oxygen atoms in total. The number of benzene rings is 1. The van der Waals surface area contributed by atoms with E-state index in [1.165, 1.54) is 24.3 Å². The van der Waals surface area contributed by atoms with Crippen molar-refractivity contribution in [1.29, 1.82) is 0 Å². The zero-order chi connectivity index (χ0) is 14.4. The fourth-order valence-electron chi connectivity index (χ4n) is 1.69. The molecule has 6 heteroatoms. The van der Waals surface area contributed by atoms with E-state index in [-0.39, 0.29) is 11.6 Å². The largest absolute Gasteiger partial charge is 0.352 e. The minimum Gasteiger partial charge on any atom is -0.352 e. The van der Waals surface area contributed by atoms with Gasteiger partial charge in [-0.25, -0.2) is 0 Å². The molecule has 1 aromatic heterocycles. The lowest BCUT2D eigenvalue weighted by molar-refractivity contribution is -0.384. The Hall–Kier alpha value is -2.76. The molecule has 1 amide bonds. The highest BCUT2D eigenvalue weighted by Crippen LogP contribution is 2.11. The molecule has 0 spiro atoms. The van der Waals surface area contributed by atoms with Crippen LogP contribution in [0.1, 0.15) is 16.1 Å². The predicted octanol–water partition coefficient (Wildman–Crippen LogP) is 1.96. The summed E-state index contributed by atoms with van der Waals surface area (Å²) in [4.78, 5) is 26.0. The van der Waals surface area contributed by atoms with Gasteiger partial charge in [0.2, 0.25) is 0 Å². The molecule has 2 aromatic rings. The number of nitro benzene ring substituents is 1. The minimum atomic E-state index is -0.497. The Morgan fingerprint density at radius 1 is 1.20 bits per heavy atom. The van der Waals surface area contributed by atoms with E-state index in [2.05, 4.69) is 10.3 Å². The quantitative estimate of drug-likeness (QED) is 0.665. The Labute approximate surface area is 115 Å². The van der Waals surface area contributed by atoms with E-state index < -0.39 is 4.92 Å². The fourth-order valence-corrected chi connectivity index (χ4v) is 1.69. The first-order valence-corrected chi connectivity index (χ1v) is 6.09. The smallest absolute Gasteiger partial charge is 0.269 e. The van der Waals surface area contributed by atoms with Crippen molar-refractivity contribution in [1.82, 2.24) is 10.3 Å². The molecular formula is C14H13N3O3. The van der Waals surface area contributed by atoms with Gasteiger partial charge in [0.1, 0.15) is 0 Å². The van der Waals surface area contributed by atoms with Crippen molar-refractivity contribution in [3.8, 4) is 0 Å². The van der Waals surface area contributed by atoms with Crippen molar-refractivity contribution >= 4 is 11.6 Å². The van der Waals surface area contributed by atoms with Gasteiger partial charge in [0.05, 0.1) is 4.92 Å². The number of non-ortho nitro benzene ring substituents is 1. The molecule has 102 valence electrons. The summed E-state index contributed by atoms with van der Waals surface area (Å²) in [5.74, 6) is -0.254. The van der Waals surface area contributed by atoms with Gasteiger partial charge in [0, 0.05) is 42.6 Å². The van der Waals surface area contributed by atoms with E-state index in [4.69, 9.17) is 0 Å². The van der Waals surface area contributed by atoms with Gasteiger partial charge in [-0.05, 0) is 24.3 Å². The van der Waals surface area contributed by atoms with Gasteiger partial charge in [-0.3, -0.25) is 19.9 Å². The van der Waals surface area contributed by atoms with E-state index in [0.717, 1.165) is 5.69 Å². The molecule has 20 heavy (non-hydrogen) atoms. The summed E-state index contributed by atoms with van der Waals surface area (Å²) in [5.41, 5.74) is 1.27. The van der Waals surface area contributed by atoms with Crippen LogP contribution in [0.4, 0.5) is 5.69 Å². The number of rotatable bonds is 5. The van der Waals surface area contributed by atoms with E-state index in [9.17, 15) is 14.9 Å². The van der Waals surface area contributed by atoms with Crippen LogP contribution in [0.2, 0.25) is 0 Å². The topological polar surface area (TPSA) is 85.1 Å². The average Bonchev–Trinajstić information content (AvgIpc) is 2.48. The molecule has 0 aliphatic carbocycles. The Balaban J connectivity index is 1.87. The Bertz CT molecular complexity index is 597. The summed E-state index contributed by atoms with van der Waals surface area (Å²) in [7, 11) is 0. The summed E-state index contributed by atoms with van der Waals surface area (Å²) in [6.45, 7) is 0.465. The summed E-state index contributed by atoms with van der Waals surface area (Å²) < 4.78 is 0. The zero-order valence-corrected chi connectivity index (χ0v) is 10.7. The number of nitrogens with zero attached hydrogens (tertiary/aromatic N) is 2. The molecule has 0 saturated carbocycles. The molecular weight excluding hydrogens is 258 g/mol. The van der Waals surface area contributed by atoms with Crippen LogP contribution in [0.5, 0.6) is 0 Å². The SMILES string of the molecule is O=C(NCCc1ccccn1)c1ccc([N+](=O)[O-])cc1. The third kappa shape index (κ3) is 3.61. The zero-order valence-electron chi connectivity index (χ0n) is 10.7. The first-order chi connectivity index (χ1) is 9.66. The summed E-state index contributed by atoms with van der Waals surface area (Å²) >= 11 is 0. The van der Waals surface area contributed by atoms with E-state index >= 15 is 0 Å². The Morgan fingerprint density at radius 2 is 1.95 bits per heavy atom. The highest BCUT2D eigenvalue weighted by Gasteiger charge is 2.08. The molecule has 0 aliphatic heterocycles. The van der Waals surface area contributed by atoms with Gasteiger partial charge in [0.15, 0.2) is 0 Å². The van der Waals surface area contributed by atoms with Crippen molar-refractivity contribution in [2.24, 2.45) is 0 Å². The van der Waals surface area contributed by atoms with Gasteiger partial charge in [-0.15, -0.1) is 0 Å². The molecule has 0 saturated heterocycles. The van der Waals surface area contributed by atoms with Crippen molar-refractivity contribution < 1.29 is 9.72 Å². The molecule has 0 bridgehead atoms. The number of aromatic nitrogens is 1. The van der Waals surface area contributed by atoms with Crippen LogP contribution in [-0.4, -0.2) is 22.4 Å². The number of hydrogen-bond acceptors (Lipinski definition) is 4. The van der Waals surface area contributed by atoms with Crippen molar-refractivity contribution in [3.05, 3.63) is 70.0 Å². The maximum Gasteiger partial charge on any atom is 0.269 e. The van der Waals surface area contributed by atoms with Gasteiger partial charge >= 0.3 is 0 Å². The second kappa shape index (κ2) is 6.42. The van der Waals surface area contributed by atoms with Crippen LogP contribution < -0.4 is 5.32 Å². The van der Waals surface area contributed by atoms with Crippen LogP contribution in [0.25, 0.3) is 0 Å². The second-order valence-corrected chi connectivity index (χ2v) is 4.13. The first-order valence-electron chi connectivity index (χ1n) is 6.09. The Kier molecular flexibility index (Phi) is 4.39. The number of carbonyl (C=O) groups is 1. The van der Waals surface area contributed by atoms with Crippen LogP contribution in [0, 0.1) is 10.1 Å². The van der Waals surface area contributed by atoms with Crippen molar-refractivity contribution in [2.75, 3.05) is 6.54 Å². The van der Waals surface area contributed by atoms with Gasteiger partial charge in [-0.2, -0.15) is 0 Å². The monoisotopic (exact) mass is 271 g/mol. The lowest BCUT2D eigenvalue weighted by Gasteiger charge is -2.04. The lowest BCUT2D eigenvalue weighted by Crippen LogP contribution is -2.25. The normalized spacial score (nSPS) is 10.0. The predicted molar refractivity (Wildman–Crippen MR) is 73.4 cm³/mol. The number of amides is 1. The molecule has 0 atom stereocenters. The van der Waals surface area contributed by atoms with E-state index in [1.807, 2.05) is 18.2 Å². The lowest BCUT2D eigenvalue weighted by atomic mass is 10.2. The highest BCUT2D eigenvalue weighted by molar-refractivity contribution is 5.94. The van der Waals surface area contributed by atoms with Gasteiger partial charge in [0.25, 0.3) is 11.6 Å². The van der Waals surface area contributed by atoms with Crippen LogP contribution in [-0.2, 0) is 6.42 Å². The number of nitro groups is 1. The molecule has 0 aliphatic rings. The second-order valence-electron chi connectivity index (χ2n) is 4.13. The molecule has 1 aromatic carbocycles. The minimum absolute atomic E-state index is 0.0324. The third-order valence-electron chi connectivity index (χ3n) is 2.73. The first kappa shape index (κ1) is 13.7. The van der Waals surface area contributed by atoms with E-state index in [0.29, 0.717) is 18.5 Å². The molecule has 0 fully saturated rings. The summed E-state index contributed by atoms with van der Waals surface area (Å²) in [6, 6.07) is 11.1. The third-order valence-corrected chi connectivity index (χ3v) is 2.73. The maximum absolute atomic E-state index is 11.8. The number of pyridine rings is 1. The summed E-state index contributed by atoms with van der Waals surface area (Å²) in [5, 5.41) is 13.3. The number of nitrogens with one attached hydrogen (secondary N) is 1. The van der Waals surface area contributed by atoms with E-state index in [1.54, 1.807) is 6.20 Å². The standard InChI is InChI=1S/C14H13N3O3/c18-14(11-4-6-13(7-5-11)17(19)20)16-10-8-12-3-1-2-9-15-12/h1-7,9H,8,10H2,(H,16,18). The van der Waals surface area contributed by atoms with Crippen LogP contribution in [0.15, 0.2) is 48.7 Å². The molecule has 0 unspecified atom stereocenters.